The van der Waals surface area contributed by atoms with E-state index < -0.39 is 11.8 Å². The van der Waals surface area contributed by atoms with Crippen LogP contribution in [0.2, 0.25) is 5.02 Å². The molecule has 2 aromatic carbocycles. The summed E-state index contributed by atoms with van der Waals surface area (Å²) in [5, 5.41) is 1.16. The number of amides is 2. The summed E-state index contributed by atoms with van der Waals surface area (Å²) in [5.41, 5.74) is 5.78. The summed E-state index contributed by atoms with van der Waals surface area (Å²) in [6, 6.07) is 11.9. The largest absolute Gasteiger partial charge is 0.493 e. The van der Waals surface area contributed by atoms with E-state index in [0.29, 0.717) is 32.0 Å². The number of halogens is 1. The topological polar surface area (TPSA) is 89.6 Å². The van der Waals surface area contributed by atoms with Crippen LogP contribution in [0.25, 0.3) is 10.6 Å². The van der Waals surface area contributed by atoms with Crippen LogP contribution in [0.3, 0.4) is 0 Å². The van der Waals surface area contributed by atoms with E-state index in [4.69, 9.17) is 21.1 Å². The number of methoxy groups -OCH3 is 2. The summed E-state index contributed by atoms with van der Waals surface area (Å²) < 4.78 is 10.3. The second-order valence-corrected chi connectivity index (χ2v) is 6.93. The number of thiazole rings is 1. The molecule has 0 saturated heterocycles. The molecule has 7 nitrogen and oxygen atoms in total. The highest BCUT2D eigenvalue weighted by Gasteiger charge is 2.15. The summed E-state index contributed by atoms with van der Waals surface area (Å²) in [6.45, 7) is 0. The van der Waals surface area contributed by atoms with Crippen molar-refractivity contribution < 1.29 is 19.1 Å². The Balaban J connectivity index is 1.66. The molecule has 0 radical (unpaired) electrons. The van der Waals surface area contributed by atoms with Gasteiger partial charge in [-0.3, -0.25) is 20.4 Å². The van der Waals surface area contributed by atoms with Gasteiger partial charge in [-0.1, -0.05) is 29.8 Å². The van der Waals surface area contributed by atoms with Crippen LogP contribution in [0.15, 0.2) is 48.7 Å². The van der Waals surface area contributed by atoms with Crippen LogP contribution in [0.5, 0.6) is 11.5 Å². The van der Waals surface area contributed by atoms with Gasteiger partial charge in [-0.2, -0.15) is 0 Å². The third kappa shape index (κ3) is 4.24. The Labute approximate surface area is 170 Å². The normalized spacial score (nSPS) is 10.2. The van der Waals surface area contributed by atoms with Gasteiger partial charge in [-0.25, -0.2) is 4.98 Å². The molecule has 0 spiro atoms. The number of rotatable bonds is 5. The molecule has 2 N–H and O–H groups in total. The number of ether oxygens (including phenoxy) is 2. The molecule has 0 atom stereocenters. The van der Waals surface area contributed by atoms with Gasteiger partial charge >= 0.3 is 0 Å². The van der Waals surface area contributed by atoms with Crippen LogP contribution in [-0.2, 0) is 0 Å². The number of benzene rings is 2. The number of hydrogen-bond acceptors (Lipinski definition) is 6. The third-order valence-corrected chi connectivity index (χ3v) is 5.13. The molecule has 28 heavy (non-hydrogen) atoms. The van der Waals surface area contributed by atoms with Crippen molar-refractivity contribution in [2.75, 3.05) is 14.2 Å². The number of carbonyl (C=O) groups is 2. The lowest BCUT2D eigenvalue weighted by molar-refractivity contribution is 0.0848. The predicted octanol–water partition coefficient (Wildman–Crippen LogP) is 3.56. The fraction of sp³-hybridized carbons (Fsp3) is 0.105. The van der Waals surface area contributed by atoms with Crippen LogP contribution in [0.4, 0.5) is 0 Å². The summed E-state index contributed by atoms with van der Waals surface area (Å²) in [6.07, 6.45) is 1.43. The van der Waals surface area contributed by atoms with Crippen molar-refractivity contribution in [3.63, 3.8) is 0 Å². The molecular weight excluding hydrogens is 402 g/mol. The van der Waals surface area contributed by atoms with Crippen LogP contribution in [0, 0.1) is 0 Å². The molecule has 2 amide bonds. The Morgan fingerprint density at radius 3 is 2.43 bits per heavy atom. The summed E-state index contributed by atoms with van der Waals surface area (Å²) in [5.74, 6) is -0.0667. The fourth-order valence-corrected chi connectivity index (χ4v) is 3.50. The molecule has 144 valence electrons. The highest BCUT2D eigenvalue weighted by atomic mass is 35.5. The van der Waals surface area contributed by atoms with Gasteiger partial charge in [-0.05, 0) is 24.3 Å². The van der Waals surface area contributed by atoms with E-state index in [2.05, 4.69) is 15.8 Å². The Morgan fingerprint density at radius 2 is 1.71 bits per heavy atom. The summed E-state index contributed by atoms with van der Waals surface area (Å²) >= 11 is 7.33. The van der Waals surface area contributed by atoms with E-state index in [0.717, 1.165) is 5.56 Å². The molecule has 0 bridgehead atoms. The molecule has 0 aliphatic carbocycles. The summed E-state index contributed by atoms with van der Waals surface area (Å²) in [4.78, 5) is 29.1. The molecule has 0 unspecified atom stereocenters. The van der Waals surface area contributed by atoms with E-state index in [1.54, 1.807) is 18.2 Å². The lowest BCUT2D eigenvalue weighted by Gasteiger charge is -2.10. The zero-order chi connectivity index (χ0) is 20.1. The number of hydrogen-bond donors (Lipinski definition) is 2. The van der Waals surface area contributed by atoms with Gasteiger partial charge in [0.1, 0.15) is 9.88 Å². The van der Waals surface area contributed by atoms with Crippen LogP contribution in [-0.4, -0.2) is 31.0 Å². The van der Waals surface area contributed by atoms with Crippen LogP contribution >= 0.6 is 22.9 Å². The Hall–Kier alpha value is -3.10. The first kappa shape index (κ1) is 19.7. The molecule has 3 rings (SSSR count). The second kappa shape index (κ2) is 8.73. The minimum atomic E-state index is -0.495. The Kier molecular flexibility index (Phi) is 6.13. The lowest BCUT2D eigenvalue weighted by atomic mass is 10.2. The summed E-state index contributed by atoms with van der Waals surface area (Å²) in [7, 11) is 2.98. The van der Waals surface area contributed by atoms with E-state index >= 15 is 0 Å². The molecule has 1 heterocycles. The highest BCUT2D eigenvalue weighted by Crippen LogP contribution is 2.31. The van der Waals surface area contributed by atoms with Gasteiger partial charge in [0.25, 0.3) is 11.8 Å². The van der Waals surface area contributed by atoms with Crippen molar-refractivity contribution in [2.24, 2.45) is 0 Å². The minimum absolute atomic E-state index is 0.305. The van der Waals surface area contributed by atoms with Gasteiger partial charge < -0.3 is 9.47 Å². The quantitative estimate of drug-likeness (QED) is 0.619. The zero-order valence-electron chi connectivity index (χ0n) is 15.0. The first-order valence-corrected chi connectivity index (χ1v) is 9.26. The molecule has 9 heteroatoms. The average Bonchev–Trinajstić information content (AvgIpc) is 3.21. The van der Waals surface area contributed by atoms with Gasteiger partial charge in [0, 0.05) is 11.1 Å². The Morgan fingerprint density at radius 1 is 1.00 bits per heavy atom. The van der Waals surface area contributed by atoms with Crippen molar-refractivity contribution >= 4 is 34.8 Å². The Bertz CT molecular complexity index is 1020. The fourth-order valence-electron chi connectivity index (χ4n) is 2.36. The molecular formula is C19H16ClN3O4S. The number of nitrogens with zero attached hydrogens (tertiary/aromatic N) is 1. The molecule has 1 aromatic heterocycles. The standard InChI is InChI=1S/C19H16ClN3O4S/c1-26-14-8-7-11(9-15(14)27-2)17(24)22-23-18(25)16-10-21-19(28-16)12-5-3-4-6-13(12)20/h3-10H,1-2H3,(H,22,24)(H,23,25). The number of aromatic nitrogens is 1. The average molecular weight is 418 g/mol. The van der Waals surface area contributed by atoms with E-state index in [-0.39, 0.29) is 0 Å². The predicted molar refractivity (Wildman–Crippen MR) is 107 cm³/mol. The molecule has 0 saturated carbocycles. The smallest absolute Gasteiger partial charge is 0.281 e. The molecule has 3 aromatic rings. The molecule has 0 aliphatic heterocycles. The monoisotopic (exact) mass is 417 g/mol. The lowest BCUT2D eigenvalue weighted by Crippen LogP contribution is -2.41. The number of nitrogens with one attached hydrogen (secondary N) is 2. The van der Waals surface area contributed by atoms with Crippen molar-refractivity contribution in [1.29, 1.82) is 0 Å². The van der Waals surface area contributed by atoms with E-state index in [9.17, 15) is 9.59 Å². The maximum atomic E-state index is 12.3. The maximum Gasteiger partial charge on any atom is 0.281 e. The second-order valence-electron chi connectivity index (χ2n) is 5.49. The van der Waals surface area contributed by atoms with Gasteiger partial charge in [0.15, 0.2) is 11.5 Å². The first-order valence-electron chi connectivity index (χ1n) is 8.07. The van der Waals surface area contributed by atoms with Crippen molar-refractivity contribution in [1.82, 2.24) is 15.8 Å². The zero-order valence-corrected chi connectivity index (χ0v) is 16.6. The van der Waals surface area contributed by atoms with Crippen molar-refractivity contribution in [3.8, 4) is 22.1 Å². The number of carbonyl (C=O) groups excluding carboxylic acids is 2. The van der Waals surface area contributed by atoms with Gasteiger partial charge in [0.05, 0.1) is 25.4 Å². The minimum Gasteiger partial charge on any atom is -0.493 e. The first-order chi connectivity index (χ1) is 13.5. The van der Waals surface area contributed by atoms with Gasteiger partial charge in [-0.15, -0.1) is 11.3 Å². The van der Waals surface area contributed by atoms with Crippen LogP contribution < -0.4 is 20.3 Å². The van der Waals surface area contributed by atoms with Crippen molar-refractivity contribution in [3.05, 3.63) is 64.1 Å². The third-order valence-electron chi connectivity index (χ3n) is 3.77. The number of hydrazine groups is 1. The SMILES string of the molecule is COc1ccc(C(=O)NNC(=O)c2cnc(-c3ccccc3Cl)s2)cc1OC. The van der Waals surface area contributed by atoms with Crippen molar-refractivity contribution in [2.45, 2.75) is 0 Å². The molecule has 0 aliphatic rings. The maximum absolute atomic E-state index is 12.3. The molecule has 0 fully saturated rings. The van der Waals surface area contributed by atoms with Gasteiger partial charge in [0.2, 0.25) is 0 Å². The van der Waals surface area contributed by atoms with E-state index in [1.807, 2.05) is 18.2 Å². The van der Waals surface area contributed by atoms with Crippen LogP contribution in [0.1, 0.15) is 20.0 Å². The highest BCUT2D eigenvalue weighted by molar-refractivity contribution is 7.17. The van der Waals surface area contributed by atoms with E-state index in [1.165, 1.54) is 37.8 Å².